The van der Waals surface area contributed by atoms with Crippen LogP contribution in [0.3, 0.4) is 0 Å². The monoisotopic (exact) mass is 253 g/mol. The minimum atomic E-state index is -0.689. The first-order chi connectivity index (χ1) is 8.47. The molecule has 3 N–H and O–H groups in total. The number of aliphatic carboxylic acids is 1. The smallest absolute Gasteiger partial charge is 0.309 e. The van der Waals surface area contributed by atoms with Crippen LogP contribution in [0.1, 0.15) is 44.9 Å². The summed E-state index contributed by atoms with van der Waals surface area (Å²) in [5, 5.41) is 18.2. The van der Waals surface area contributed by atoms with E-state index in [0.29, 0.717) is 18.3 Å². The molecule has 18 heavy (non-hydrogen) atoms. The number of hydrogen-bond acceptors (Lipinski definition) is 3. The van der Waals surface area contributed by atoms with Crippen LogP contribution in [0.2, 0.25) is 0 Å². The Labute approximate surface area is 106 Å². The van der Waals surface area contributed by atoms with E-state index >= 15 is 0 Å². The van der Waals surface area contributed by atoms with Gasteiger partial charge in [-0.25, -0.2) is 5.48 Å². The molecule has 0 heterocycles. The zero-order valence-corrected chi connectivity index (χ0v) is 10.3. The average Bonchev–Trinajstić information content (AvgIpc) is 2.26. The Morgan fingerprint density at radius 1 is 1.17 bits per heavy atom. The van der Waals surface area contributed by atoms with E-state index < -0.39 is 11.4 Å². The third-order valence-corrected chi connectivity index (χ3v) is 5.30. The summed E-state index contributed by atoms with van der Waals surface area (Å²) in [6, 6.07) is 0. The number of amides is 1. The van der Waals surface area contributed by atoms with Crippen LogP contribution < -0.4 is 5.48 Å². The van der Waals surface area contributed by atoms with Crippen LogP contribution in [0, 0.1) is 22.7 Å². The normalized spacial score (nSPS) is 44.9. The maximum absolute atomic E-state index is 11.6. The quantitative estimate of drug-likeness (QED) is 0.526. The van der Waals surface area contributed by atoms with Crippen LogP contribution in [0.5, 0.6) is 0 Å². The van der Waals surface area contributed by atoms with Gasteiger partial charge in [-0.15, -0.1) is 0 Å². The van der Waals surface area contributed by atoms with Gasteiger partial charge in [0.05, 0.1) is 5.41 Å². The van der Waals surface area contributed by atoms with Gasteiger partial charge in [-0.05, 0) is 55.8 Å². The van der Waals surface area contributed by atoms with Gasteiger partial charge in [0.15, 0.2) is 0 Å². The molecule has 1 amide bonds. The van der Waals surface area contributed by atoms with Crippen LogP contribution in [0.25, 0.3) is 0 Å². The largest absolute Gasteiger partial charge is 0.481 e. The van der Waals surface area contributed by atoms with Gasteiger partial charge in [0.25, 0.3) is 0 Å². The molecule has 0 aromatic rings. The molecule has 5 heteroatoms. The minimum absolute atomic E-state index is 0.185. The Bertz CT molecular complexity index is 392. The van der Waals surface area contributed by atoms with Gasteiger partial charge in [-0.2, -0.15) is 0 Å². The molecule has 0 saturated heterocycles. The molecule has 4 atom stereocenters. The lowest BCUT2D eigenvalue weighted by Gasteiger charge is -2.60. The highest BCUT2D eigenvalue weighted by molar-refractivity contribution is 5.77. The predicted octanol–water partition coefficient (Wildman–Crippen LogP) is 1.55. The molecular formula is C13H19NO4. The molecule has 0 radical (unpaired) electrons. The van der Waals surface area contributed by atoms with Crippen LogP contribution in [0.4, 0.5) is 0 Å². The third kappa shape index (κ3) is 1.64. The van der Waals surface area contributed by atoms with Gasteiger partial charge < -0.3 is 5.11 Å². The fourth-order valence-electron chi connectivity index (χ4n) is 5.29. The molecule has 2 unspecified atom stereocenters. The molecule has 0 spiro atoms. The van der Waals surface area contributed by atoms with Crippen molar-refractivity contribution in [3.05, 3.63) is 0 Å². The fourth-order valence-corrected chi connectivity index (χ4v) is 5.29. The summed E-state index contributed by atoms with van der Waals surface area (Å²) in [5.41, 5.74) is 0.913. The predicted molar refractivity (Wildman–Crippen MR) is 61.7 cm³/mol. The summed E-state index contributed by atoms with van der Waals surface area (Å²) in [6.45, 7) is 0. The zero-order chi connectivity index (χ0) is 13.0. The molecule has 4 rings (SSSR count). The minimum Gasteiger partial charge on any atom is -0.481 e. The van der Waals surface area contributed by atoms with Crippen molar-refractivity contribution >= 4 is 11.9 Å². The van der Waals surface area contributed by atoms with E-state index in [0.717, 1.165) is 32.1 Å². The summed E-state index contributed by atoms with van der Waals surface area (Å²) in [7, 11) is 0. The van der Waals surface area contributed by atoms with Crippen molar-refractivity contribution < 1.29 is 19.9 Å². The van der Waals surface area contributed by atoms with E-state index in [9.17, 15) is 14.7 Å². The Kier molecular flexibility index (Phi) is 2.46. The van der Waals surface area contributed by atoms with E-state index in [1.54, 1.807) is 5.48 Å². The maximum Gasteiger partial charge on any atom is 0.309 e. The fraction of sp³-hybridized carbons (Fsp3) is 0.846. The molecule has 0 aliphatic heterocycles. The van der Waals surface area contributed by atoms with Crippen molar-refractivity contribution in [3.8, 4) is 0 Å². The Morgan fingerprint density at radius 3 is 2.28 bits per heavy atom. The lowest BCUT2D eigenvalue weighted by Crippen LogP contribution is -2.55. The molecular weight excluding hydrogens is 234 g/mol. The second-order valence-electron chi connectivity index (χ2n) is 6.76. The summed E-state index contributed by atoms with van der Waals surface area (Å²) in [5.74, 6) is -0.162. The second kappa shape index (κ2) is 3.70. The van der Waals surface area contributed by atoms with Crippen LogP contribution in [-0.4, -0.2) is 22.2 Å². The summed E-state index contributed by atoms with van der Waals surface area (Å²) in [6.07, 6.45) is 5.46. The Balaban J connectivity index is 1.89. The molecule has 4 aliphatic carbocycles. The zero-order valence-electron chi connectivity index (χ0n) is 10.3. The summed E-state index contributed by atoms with van der Waals surface area (Å²) < 4.78 is 0. The van der Waals surface area contributed by atoms with Crippen LogP contribution >= 0.6 is 0 Å². The number of rotatable bonds is 3. The highest BCUT2D eigenvalue weighted by Gasteiger charge is 2.61. The number of carbonyl (C=O) groups excluding carboxylic acids is 1. The van der Waals surface area contributed by atoms with Crippen LogP contribution in [0.15, 0.2) is 0 Å². The molecule has 4 bridgehead atoms. The number of hydroxylamine groups is 1. The highest BCUT2D eigenvalue weighted by atomic mass is 16.5. The number of nitrogens with one attached hydrogen (secondary N) is 1. The van der Waals surface area contributed by atoms with Crippen molar-refractivity contribution in [3.63, 3.8) is 0 Å². The van der Waals surface area contributed by atoms with Crippen molar-refractivity contribution in [1.82, 2.24) is 5.48 Å². The molecule has 100 valence electrons. The number of carbonyl (C=O) groups is 2. The second-order valence-corrected chi connectivity index (χ2v) is 6.76. The molecule has 4 aliphatic rings. The van der Waals surface area contributed by atoms with Crippen molar-refractivity contribution in [2.45, 2.75) is 44.9 Å². The number of carboxylic acids is 1. The summed E-state index contributed by atoms with van der Waals surface area (Å²) >= 11 is 0. The number of hydrogen-bond donors (Lipinski definition) is 3. The van der Waals surface area contributed by atoms with Gasteiger partial charge in [0.1, 0.15) is 0 Å². The van der Waals surface area contributed by atoms with Gasteiger partial charge >= 0.3 is 5.97 Å². The van der Waals surface area contributed by atoms with Gasteiger partial charge in [-0.3, -0.25) is 14.8 Å². The van der Waals surface area contributed by atoms with E-state index in [1.165, 1.54) is 0 Å². The van der Waals surface area contributed by atoms with Gasteiger partial charge in [-0.1, -0.05) is 0 Å². The Morgan fingerprint density at radius 2 is 1.78 bits per heavy atom. The SMILES string of the molecule is O=C(CC12C[C@H]3C[C@@H](C1)CC(C(=O)O)(C3)C2)NO. The first-order valence-corrected chi connectivity index (χ1v) is 6.63. The first kappa shape index (κ1) is 12.0. The van der Waals surface area contributed by atoms with Crippen molar-refractivity contribution in [2.75, 3.05) is 0 Å². The van der Waals surface area contributed by atoms with Crippen molar-refractivity contribution in [2.24, 2.45) is 22.7 Å². The van der Waals surface area contributed by atoms with Crippen LogP contribution in [-0.2, 0) is 9.59 Å². The maximum atomic E-state index is 11.6. The van der Waals surface area contributed by atoms with Gasteiger partial charge in [0.2, 0.25) is 5.91 Å². The van der Waals surface area contributed by atoms with E-state index in [-0.39, 0.29) is 17.7 Å². The standard InChI is InChI=1S/C13H19NO4/c15-10(14-18)6-12-2-8-1-9(3-12)5-13(4-8,7-12)11(16)17/h8-9,18H,1-7H2,(H,14,15)(H,16,17)/t8-,9+,12?,13?. The lowest BCUT2D eigenvalue weighted by atomic mass is 9.43. The summed E-state index contributed by atoms with van der Waals surface area (Å²) in [4.78, 5) is 23.1. The lowest BCUT2D eigenvalue weighted by molar-refractivity contribution is -0.177. The van der Waals surface area contributed by atoms with Crippen molar-refractivity contribution in [1.29, 1.82) is 0 Å². The number of carboxylic acid groups (broad SMARTS) is 1. The molecule has 0 aromatic carbocycles. The molecule has 4 saturated carbocycles. The van der Waals surface area contributed by atoms with E-state index in [2.05, 4.69) is 0 Å². The van der Waals surface area contributed by atoms with Gasteiger partial charge in [0, 0.05) is 6.42 Å². The first-order valence-electron chi connectivity index (χ1n) is 6.63. The molecule has 5 nitrogen and oxygen atoms in total. The molecule has 0 aromatic heterocycles. The molecule has 4 fully saturated rings. The van der Waals surface area contributed by atoms with E-state index in [4.69, 9.17) is 5.21 Å². The topological polar surface area (TPSA) is 86.6 Å². The Hall–Kier alpha value is -1.10. The highest BCUT2D eigenvalue weighted by Crippen LogP contribution is 2.66. The average molecular weight is 253 g/mol. The van der Waals surface area contributed by atoms with E-state index in [1.807, 2.05) is 0 Å². The third-order valence-electron chi connectivity index (χ3n) is 5.30.